The number of aryl methyl sites for hydroxylation is 1. The van der Waals surface area contributed by atoms with Crippen LogP contribution in [0.5, 0.6) is 0 Å². The summed E-state index contributed by atoms with van der Waals surface area (Å²) in [7, 11) is -1.83. The number of ether oxygens (including phenoxy) is 1. The monoisotopic (exact) mass is 274 g/mol. The lowest BCUT2D eigenvalue weighted by atomic mass is 10.1. The molecule has 1 aliphatic rings. The highest BCUT2D eigenvalue weighted by Gasteiger charge is 2.23. The second-order valence-electron chi connectivity index (χ2n) is 4.47. The van der Waals surface area contributed by atoms with Crippen molar-refractivity contribution < 1.29 is 18.3 Å². The summed E-state index contributed by atoms with van der Waals surface area (Å²) in [5.41, 5.74) is 0.565. The first-order valence-electron chi connectivity index (χ1n) is 5.89. The number of aliphatic hydroxyl groups is 1. The molecule has 1 unspecified atom stereocenters. The summed E-state index contributed by atoms with van der Waals surface area (Å²) in [6.45, 7) is 0.926. The van der Waals surface area contributed by atoms with Crippen molar-refractivity contribution in [3.05, 3.63) is 18.0 Å². The van der Waals surface area contributed by atoms with Crippen molar-refractivity contribution in [1.82, 2.24) is 9.29 Å². The van der Waals surface area contributed by atoms with Crippen LogP contribution in [0.25, 0.3) is 0 Å². The van der Waals surface area contributed by atoms with Crippen LogP contribution in [-0.4, -0.2) is 37.3 Å². The Bertz CT molecular complexity index is 503. The number of aliphatic hydroxyl groups excluding tert-OH is 1. The molecule has 2 N–H and O–H groups in total. The van der Waals surface area contributed by atoms with Crippen LogP contribution in [0.2, 0.25) is 0 Å². The minimum Gasteiger partial charge on any atom is -0.390 e. The highest BCUT2D eigenvalue weighted by molar-refractivity contribution is 7.89. The summed E-state index contributed by atoms with van der Waals surface area (Å²) in [4.78, 5) is 0.180. The van der Waals surface area contributed by atoms with Crippen molar-refractivity contribution in [2.45, 2.75) is 30.4 Å². The molecular formula is C11H18N2O4S. The second kappa shape index (κ2) is 5.40. The molecule has 18 heavy (non-hydrogen) atoms. The van der Waals surface area contributed by atoms with Crippen LogP contribution < -0.4 is 4.72 Å². The van der Waals surface area contributed by atoms with Crippen molar-refractivity contribution >= 4 is 10.0 Å². The summed E-state index contributed by atoms with van der Waals surface area (Å²) in [6.07, 6.45) is 3.15. The van der Waals surface area contributed by atoms with Gasteiger partial charge in [0.15, 0.2) is 0 Å². The highest BCUT2D eigenvalue weighted by Crippen LogP contribution is 2.15. The Balaban J connectivity index is 2.13. The fraction of sp³-hybridized carbons (Fsp3) is 0.636. The lowest BCUT2D eigenvalue weighted by Crippen LogP contribution is -2.40. The molecule has 1 fully saturated rings. The predicted octanol–water partition coefficient (Wildman–Crippen LogP) is -0.0253. The van der Waals surface area contributed by atoms with E-state index in [2.05, 4.69) is 4.72 Å². The van der Waals surface area contributed by atoms with E-state index in [1.54, 1.807) is 11.6 Å². The number of nitrogens with zero attached hydrogens (tertiary/aromatic N) is 1. The maximum Gasteiger partial charge on any atom is 0.242 e. The van der Waals surface area contributed by atoms with Gasteiger partial charge in [0.25, 0.3) is 0 Å². The Morgan fingerprint density at radius 2 is 2.39 bits per heavy atom. The van der Waals surface area contributed by atoms with Gasteiger partial charge in [-0.3, -0.25) is 0 Å². The molecule has 1 aromatic rings. The molecule has 0 bridgehead atoms. The summed E-state index contributed by atoms with van der Waals surface area (Å²) in [6, 6.07) is 1.31. The molecule has 0 spiro atoms. The van der Waals surface area contributed by atoms with Crippen LogP contribution in [0.3, 0.4) is 0 Å². The molecule has 2 heterocycles. The molecular weight excluding hydrogens is 256 g/mol. The van der Waals surface area contributed by atoms with Crippen LogP contribution >= 0.6 is 0 Å². The molecule has 6 nitrogen and oxygen atoms in total. The van der Waals surface area contributed by atoms with Crippen LogP contribution in [0.15, 0.2) is 17.2 Å². The molecule has 102 valence electrons. The second-order valence-corrected chi connectivity index (χ2v) is 6.19. The summed E-state index contributed by atoms with van der Waals surface area (Å²) in [5, 5.41) is 9.06. The van der Waals surface area contributed by atoms with Gasteiger partial charge in [-0.1, -0.05) is 0 Å². The van der Waals surface area contributed by atoms with Gasteiger partial charge < -0.3 is 14.4 Å². The quantitative estimate of drug-likeness (QED) is 0.808. The van der Waals surface area contributed by atoms with E-state index in [9.17, 15) is 8.42 Å². The van der Waals surface area contributed by atoms with Crippen molar-refractivity contribution in [3.63, 3.8) is 0 Å². The molecule has 2 rings (SSSR count). The first-order valence-corrected chi connectivity index (χ1v) is 7.37. The average Bonchev–Trinajstić information content (AvgIpc) is 2.72. The Labute approximate surface area is 107 Å². The van der Waals surface area contributed by atoms with Gasteiger partial charge in [0.05, 0.1) is 18.1 Å². The minimum atomic E-state index is -3.53. The maximum absolute atomic E-state index is 12.1. The number of hydrogen-bond acceptors (Lipinski definition) is 4. The van der Waals surface area contributed by atoms with Crippen LogP contribution in [0, 0.1) is 0 Å². The van der Waals surface area contributed by atoms with E-state index in [0.29, 0.717) is 18.9 Å². The summed E-state index contributed by atoms with van der Waals surface area (Å²) < 4.78 is 33.7. The lowest BCUT2D eigenvalue weighted by molar-refractivity contribution is 0.0774. The summed E-state index contributed by atoms with van der Waals surface area (Å²) in [5.74, 6) is 0. The fourth-order valence-corrected chi connectivity index (χ4v) is 3.35. The zero-order chi connectivity index (χ0) is 13.2. The normalized spacial score (nSPS) is 21.1. The van der Waals surface area contributed by atoms with Gasteiger partial charge in [0.1, 0.15) is 0 Å². The first-order chi connectivity index (χ1) is 8.53. The standard InChI is InChI=1S/C11H18N2O4S/c1-13-6-11(5-10(13)7-14)18(15,16)12-9-3-2-4-17-8-9/h5-6,9,12,14H,2-4,7-8H2,1H3. The van der Waals surface area contributed by atoms with E-state index < -0.39 is 10.0 Å². The summed E-state index contributed by atoms with van der Waals surface area (Å²) >= 11 is 0. The van der Waals surface area contributed by atoms with E-state index >= 15 is 0 Å². The maximum atomic E-state index is 12.1. The lowest BCUT2D eigenvalue weighted by Gasteiger charge is -2.22. The zero-order valence-corrected chi connectivity index (χ0v) is 11.1. The zero-order valence-electron chi connectivity index (χ0n) is 10.3. The molecule has 7 heteroatoms. The number of nitrogens with one attached hydrogen (secondary N) is 1. The number of sulfonamides is 1. The van der Waals surface area contributed by atoms with Crippen molar-refractivity contribution in [2.24, 2.45) is 7.05 Å². The Morgan fingerprint density at radius 3 is 2.94 bits per heavy atom. The molecule has 1 atom stereocenters. The van der Waals surface area contributed by atoms with E-state index in [0.717, 1.165) is 12.8 Å². The largest absolute Gasteiger partial charge is 0.390 e. The SMILES string of the molecule is Cn1cc(S(=O)(=O)NC2CCCOC2)cc1CO. The molecule has 0 radical (unpaired) electrons. The number of aromatic nitrogens is 1. The van der Waals surface area contributed by atoms with Crippen LogP contribution in [0.1, 0.15) is 18.5 Å². The van der Waals surface area contributed by atoms with Gasteiger partial charge in [0.2, 0.25) is 10.0 Å². The molecule has 1 aromatic heterocycles. The smallest absolute Gasteiger partial charge is 0.242 e. The van der Waals surface area contributed by atoms with Crippen LogP contribution in [0.4, 0.5) is 0 Å². The molecule has 0 amide bonds. The average molecular weight is 274 g/mol. The highest BCUT2D eigenvalue weighted by atomic mass is 32.2. The Kier molecular flexibility index (Phi) is 4.06. The first kappa shape index (κ1) is 13.5. The third-order valence-electron chi connectivity index (χ3n) is 3.04. The van der Waals surface area contributed by atoms with Gasteiger partial charge >= 0.3 is 0 Å². The molecule has 0 aromatic carbocycles. The molecule has 1 saturated heterocycles. The van der Waals surface area contributed by atoms with Crippen LogP contribution in [-0.2, 0) is 28.4 Å². The van der Waals surface area contributed by atoms with Gasteiger partial charge in [0, 0.05) is 31.6 Å². The molecule has 1 aliphatic heterocycles. The van der Waals surface area contributed by atoms with Gasteiger partial charge in [-0.25, -0.2) is 13.1 Å². The number of hydrogen-bond donors (Lipinski definition) is 2. The topological polar surface area (TPSA) is 80.6 Å². The van der Waals surface area contributed by atoms with Crippen molar-refractivity contribution in [1.29, 1.82) is 0 Å². The Morgan fingerprint density at radius 1 is 1.61 bits per heavy atom. The van der Waals surface area contributed by atoms with Crippen molar-refractivity contribution in [3.8, 4) is 0 Å². The molecule has 0 saturated carbocycles. The van der Waals surface area contributed by atoms with E-state index in [1.807, 2.05) is 0 Å². The van der Waals surface area contributed by atoms with Crippen molar-refractivity contribution in [2.75, 3.05) is 13.2 Å². The van der Waals surface area contributed by atoms with E-state index in [1.165, 1.54) is 12.3 Å². The fourth-order valence-electron chi connectivity index (χ4n) is 2.00. The van der Waals surface area contributed by atoms with Gasteiger partial charge in [-0.2, -0.15) is 0 Å². The third kappa shape index (κ3) is 2.92. The van der Waals surface area contributed by atoms with E-state index in [4.69, 9.17) is 9.84 Å². The Hall–Kier alpha value is -0.890. The third-order valence-corrected chi connectivity index (χ3v) is 4.52. The predicted molar refractivity (Wildman–Crippen MR) is 65.5 cm³/mol. The van der Waals surface area contributed by atoms with Gasteiger partial charge in [-0.15, -0.1) is 0 Å². The number of rotatable bonds is 4. The van der Waals surface area contributed by atoms with Gasteiger partial charge in [-0.05, 0) is 18.9 Å². The van der Waals surface area contributed by atoms with E-state index in [-0.39, 0.29) is 17.5 Å². The molecule has 0 aliphatic carbocycles. The minimum absolute atomic E-state index is 0.165.